The fraction of sp³-hybridized carbons (Fsp3) is 0.731. The van der Waals surface area contributed by atoms with Gasteiger partial charge in [-0.15, -0.1) is 0 Å². The molecular formula is C26H45ClN2O8. The first-order valence-corrected chi connectivity index (χ1v) is 13.0. The molecule has 1 rings (SSSR count). The van der Waals surface area contributed by atoms with E-state index in [1.54, 1.807) is 13.1 Å². The van der Waals surface area contributed by atoms with Crippen LogP contribution < -0.4 is 5.73 Å². The Morgan fingerprint density at radius 3 is 1.62 bits per heavy atom. The van der Waals surface area contributed by atoms with E-state index in [1.807, 2.05) is 32.9 Å². The molecule has 0 saturated heterocycles. The SMILES string of the molecule is CN(CCOCCOCCOCCOCCOCCOCCc1cc(N)cc(Cl)c1)C(=O)OC(C)(C)C. The first-order valence-electron chi connectivity index (χ1n) is 12.6. The largest absolute Gasteiger partial charge is 0.444 e. The lowest BCUT2D eigenvalue weighted by atomic mass is 10.1. The summed E-state index contributed by atoms with van der Waals surface area (Å²) in [5, 5.41) is 0.636. The first kappa shape index (κ1) is 33.4. The third-order valence-corrected chi connectivity index (χ3v) is 4.87. The van der Waals surface area contributed by atoms with E-state index in [2.05, 4.69) is 0 Å². The Bertz CT molecular complexity index is 713. The van der Waals surface area contributed by atoms with E-state index < -0.39 is 5.60 Å². The molecule has 0 aliphatic heterocycles. The number of rotatable bonds is 21. The minimum atomic E-state index is -0.505. The van der Waals surface area contributed by atoms with E-state index in [1.165, 1.54) is 4.90 Å². The van der Waals surface area contributed by atoms with E-state index in [0.717, 1.165) is 12.0 Å². The predicted molar refractivity (Wildman–Crippen MR) is 143 cm³/mol. The van der Waals surface area contributed by atoms with Crippen LogP contribution in [0.25, 0.3) is 0 Å². The zero-order valence-electron chi connectivity index (χ0n) is 22.8. The van der Waals surface area contributed by atoms with Crippen molar-refractivity contribution in [1.82, 2.24) is 4.90 Å². The van der Waals surface area contributed by atoms with Gasteiger partial charge in [-0.1, -0.05) is 11.6 Å². The van der Waals surface area contributed by atoms with Gasteiger partial charge < -0.3 is 43.8 Å². The molecule has 1 aromatic rings. The number of anilines is 1. The van der Waals surface area contributed by atoms with Crippen LogP contribution in [0.4, 0.5) is 10.5 Å². The molecule has 0 unspecified atom stereocenters. The molecule has 11 heteroatoms. The van der Waals surface area contributed by atoms with E-state index in [-0.39, 0.29) is 6.09 Å². The highest BCUT2D eigenvalue weighted by molar-refractivity contribution is 6.30. The molecule has 0 heterocycles. The van der Waals surface area contributed by atoms with E-state index in [9.17, 15) is 4.79 Å². The van der Waals surface area contributed by atoms with Crippen LogP contribution in [0.2, 0.25) is 5.02 Å². The van der Waals surface area contributed by atoms with Crippen LogP contribution in [-0.2, 0) is 39.6 Å². The Balaban J connectivity index is 1.77. The van der Waals surface area contributed by atoms with Crippen LogP contribution in [0.15, 0.2) is 18.2 Å². The average Bonchev–Trinajstić information content (AvgIpc) is 2.81. The smallest absolute Gasteiger partial charge is 0.410 e. The second kappa shape index (κ2) is 20.3. The number of hydrogen-bond acceptors (Lipinski definition) is 9. The maximum Gasteiger partial charge on any atom is 0.410 e. The monoisotopic (exact) mass is 548 g/mol. The molecule has 0 atom stereocenters. The molecule has 0 aliphatic carbocycles. The van der Waals surface area contributed by atoms with E-state index in [4.69, 9.17) is 50.5 Å². The molecule has 1 amide bonds. The summed E-state index contributed by atoms with van der Waals surface area (Å²) in [6.45, 7) is 11.9. The van der Waals surface area contributed by atoms with Crippen LogP contribution in [0.1, 0.15) is 26.3 Å². The van der Waals surface area contributed by atoms with Gasteiger partial charge in [0.1, 0.15) is 5.60 Å². The van der Waals surface area contributed by atoms with Crippen molar-refractivity contribution in [3.05, 3.63) is 28.8 Å². The van der Waals surface area contributed by atoms with Gasteiger partial charge in [-0.05, 0) is 51.0 Å². The molecule has 0 bridgehead atoms. The maximum atomic E-state index is 11.8. The molecule has 0 spiro atoms. The molecule has 1 aromatic carbocycles. The number of benzene rings is 1. The van der Waals surface area contributed by atoms with E-state index in [0.29, 0.717) is 96.5 Å². The molecule has 0 saturated carbocycles. The lowest BCUT2D eigenvalue weighted by Gasteiger charge is -2.24. The van der Waals surface area contributed by atoms with Crippen molar-refractivity contribution in [3.8, 4) is 0 Å². The van der Waals surface area contributed by atoms with Gasteiger partial charge in [-0.2, -0.15) is 0 Å². The van der Waals surface area contributed by atoms with Crippen molar-refractivity contribution in [2.75, 3.05) is 98.6 Å². The number of carbonyl (C=O) groups excluding carboxylic acids is 1. The summed E-state index contributed by atoms with van der Waals surface area (Å²) in [6.07, 6.45) is 0.390. The molecular weight excluding hydrogens is 504 g/mol. The predicted octanol–water partition coefficient (Wildman–Crippen LogP) is 3.43. The van der Waals surface area contributed by atoms with Crippen LogP contribution in [0, 0.1) is 0 Å². The number of nitrogens with two attached hydrogens (primary N) is 1. The van der Waals surface area contributed by atoms with Gasteiger partial charge >= 0.3 is 6.09 Å². The summed E-state index contributed by atoms with van der Waals surface area (Å²) < 4.78 is 38.2. The third-order valence-electron chi connectivity index (χ3n) is 4.65. The van der Waals surface area contributed by atoms with Gasteiger partial charge in [-0.3, -0.25) is 0 Å². The highest BCUT2D eigenvalue weighted by atomic mass is 35.5. The van der Waals surface area contributed by atoms with Crippen LogP contribution in [0.5, 0.6) is 0 Å². The Hall–Kier alpha value is -1.66. The van der Waals surface area contributed by atoms with Crippen LogP contribution in [-0.4, -0.2) is 109 Å². The van der Waals surface area contributed by atoms with Crippen molar-refractivity contribution in [2.45, 2.75) is 32.8 Å². The summed E-state index contributed by atoms with van der Waals surface area (Å²) in [5.41, 5.74) is 6.98. The van der Waals surface area contributed by atoms with E-state index >= 15 is 0 Å². The van der Waals surface area contributed by atoms with Crippen molar-refractivity contribution in [1.29, 1.82) is 0 Å². The minimum Gasteiger partial charge on any atom is -0.444 e. The fourth-order valence-electron chi connectivity index (χ4n) is 2.84. The summed E-state index contributed by atoms with van der Waals surface area (Å²) >= 11 is 5.99. The number of ether oxygens (including phenoxy) is 7. The minimum absolute atomic E-state index is 0.362. The number of hydrogen-bond donors (Lipinski definition) is 1. The lowest BCUT2D eigenvalue weighted by Crippen LogP contribution is -2.36. The quantitative estimate of drug-likeness (QED) is 0.182. The Labute approximate surface area is 226 Å². The van der Waals surface area contributed by atoms with Gasteiger partial charge in [-0.25, -0.2) is 4.79 Å². The van der Waals surface area contributed by atoms with Gasteiger partial charge in [0.25, 0.3) is 0 Å². The summed E-state index contributed by atoms with van der Waals surface area (Å²) in [4.78, 5) is 13.3. The van der Waals surface area contributed by atoms with Gasteiger partial charge in [0.2, 0.25) is 0 Å². The zero-order chi connectivity index (χ0) is 27.4. The van der Waals surface area contributed by atoms with Crippen molar-refractivity contribution in [2.24, 2.45) is 0 Å². The molecule has 0 aromatic heterocycles. The maximum absolute atomic E-state index is 11.8. The molecule has 0 radical (unpaired) electrons. The Morgan fingerprint density at radius 2 is 1.19 bits per heavy atom. The topological polar surface area (TPSA) is 111 Å². The van der Waals surface area contributed by atoms with Crippen molar-refractivity contribution in [3.63, 3.8) is 0 Å². The Morgan fingerprint density at radius 1 is 0.757 bits per heavy atom. The molecule has 214 valence electrons. The number of halogens is 1. The number of carbonyl (C=O) groups is 1. The second-order valence-electron chi connectivity index (χ2n) is 9.22. The molecule has 2 N–H and O–H groups in total. The molecule has 0 aliphatic rings. The number of likely N-dealkylation sites (N-methyl/N-ethyl adjacent to an activating group) is 1. The highest BCUT2D eigenvalue weighted by Gasteiger charge is 2.19. The number of nitrogens with zero attached hydrogens (tertiary/aromatic N) is 1. The third kappa shape index (κ3) is 20.0. The lowest BCUT2D eigenvalue weighted by molar-refractivity contribution is -0.0177. The Kier molecular flexibility index (Phi) is 18.3. The summed E-state index contributed by atoms with van der Waals surface area (Å²) in [5.74, 6) is 0. The molecule has 0 fully saturated rings. The average molecular weight is 549 g/mol. The molecule has 10 nitrogen and oxygen atoms in total. The highest BCUT2D eigenvalue weighted by Crippen LogP contribution is 2.17. The summed E-state index contributed by atoms with van der Waals surface area (Å²) in [7, 11) is 1.68. The fourth-order valence-corrected chi connectivity index (χ4v) is 3.11. The standard InChI is InChI=1S/C26H45ClN2O8/c1-26(2,3)37-25(30)29(4)6-8-32-10-12-34-14-16-36-18-17-35-15-13-33-11-9-31-7-5-22-19-23(27)21-24(28)20-22/h19-21H,5-18,28H2,1-4H3. The molecule has 37 heavy (non-hydrogen) atoms. The number of nitrogen functional groups attached to an aromatic ring is 1. The second-order valence-corrected chi connectivity index (χ2v) is 9.66. The van der Waals surface area contributed by atoms with Gasteiger partial charge in [0, 0.05) is 24.3 Å². The van der Waals surface area contributed by atoms with Gasteiger partial charge in [0.05, 0.1) is 79.3 Å². The van der Waals surface area contributed by atoms with Crippen molar-refractivity contribution >= 4 is 23.4 Å². The first-order chi connectivity index (χ1) is 17.7. The zero-order valence-corrected chi connectivity index (χ0v) is 23.6. The number of amides is 1. The normalized spacial score (nSPS) is 11.6. The van der Waals surface area contributed by atoms with Crippen LogP contribution >= 0.6 is 11.6 Å². The van der Waals surface area contributed by atoms with Crippen LogP contribution in [0.3, 0.4) is 0 Å². The van der Waals surface area contributed by atoms with Gasteiger partial charge in [0.15, 0.2) is 0 Å². The van der Waals surface area contributed by atoms with Crippen molar-refractivity contribution < 1.29 is 38.0 Å². The summed E-state index contributed by atoms with van der Waals surface area (Å²) in [6, 6.07) is 5.51.